The van der Waals surface area contributed by atoms with Crippen LogP contribution in [0.5, 0.6) is 0 Å². The second-order valence-electron chi connectivity index (χ2n) is 2.03. The molecule has 11 heavy (non-hydrogen) atoms. The molecule has 1 aromatic rings. The van der Waals surface area contributed by atoms with E-state index >= 15 is 0 Å². The fraction of sp³-hybridized carbons (Fsp3) is 0.600. The molecule has 0 bridgehead atoms. The third kappa shape index (κ3) is 1.34. The van der Waals surface area contributed by atoms with Crippen LogP contribution in [-0.2, 0) is 6.54 Å². The summed E-state index contributed by atoms with van der Waals surface area (Å²) in [5.41, 5.74) is 0. The quantitative estimate of drug-likeness (QED) is 0.462. The molecule has 0 spiro atoms. The molecule has 0 N–H and O–H groups in total. The molecular weight excluding hydrogens is 148 g/mol. The number of aryl methyl sites for hydroxylation is 2. The van der Waals surface area contributed by atoms with Gasteiger partial charge in [-0.1, -0.05) is 5.10 Å². The molecule has 6 nitrogen and oxygen atoms in total. The minimum absolute atomic E-state index is 0.190. The Bertz CT molecular complexity index is 280. The number of rotatable bonds is 2. The Hall–Kier alpha value is -1.46. The molecule has 0 aliphatic heterocycles. The summed E-state index contributed by atoms with van der Waals surface area (Å²) >= 11 is 0. The highest BCUT2D eigenvalue weighted by molar-refractivity contribution is 5.04. The zero-order valence-electron chi connectivity index (χ0n) is 6.31. The van der Waals surface area contributed by atoms with E-state index in [1.54, 1.807) is 13.8 Å². The van der Waals surface area contributed by atoms with Gasteiger partial charge in [0.25, 0.3) is 0 Å². The number of hydrogen-bond acceptors (Lipinski definition) is 4. The first-order valence-electron chi connectivity index (χ1n) is 3.21. The van der Waals surface area contributed by atoms with Gasteiger partial charge in [-0.05, 0) is 16.8 Å². The standard InChI is InChI=1S/C5H8N4O2/c1-3-8-5(9(10)11)6-4(2)7-8/h3H2,1-2H3. The van der Waals surface area contributed by atoms with E-state index in [1.165, 1.54) is 4.68 Å². The SMILES string of the molecule is CCn1nc(C)nc1[N+](=O)[O-]. The molecule has 0 aliphatic carbocycles. The molecule has 1 rings (SSSR count). The number of nitro groups is 1. The number of hydrogen-bond donors (Lipinski definition) is 0. The van der Waals surface area contributed by atoms with E-state index in [2.05, 4.69) is 10.1 Å². The van der Waals surface area contributed by atoms with Crippen molar-refractivity contribution >= 4 is 5.95 Å². The molecule has 0 aliphatic rings. The predicted molar refractivity (Wildman–Crippen MR) is 37.1 cm³/mol. The van der Waals surface area contributed by atoms with Crippen LogP contribution < -0.4 is 0 Å². The minimum atomic E-state index is -0.538. The number of aromatic nitrogens is 3. The largest absolute Gasteiger partial charge is 0.455 e. The van der Waals surface area contributed by atoms with Crippen LogP contribution in [-0.4, -0.2) is 19.7 Å². The van der Waals surface area contributed by atoms with E-state index in [1.807, 2.05) is 0 Å². The van der Waals surface area contributed by atoms with Crippen LogP contribution >= 0.6 is 0 Å². The molecule has 0 saturated heterocycles. The monoisotopic (exact) mass is 156 g/mol. The van der Waals surface area contributed by atoms with Crippen molar-refractivity contribution in [2.75, 3.05) is 0 Å². The first kappa shape index (κ1) is 7.64. The molecule has 6 heteroatoms. The Morgan fingerprint density at radius 2 is 2.36 bits per heavy atom. The molecule has 0 aromatic carbocycles. The van der Waals surface area contributed by atoms with Gasteiger partial charge in [0, 0.05) is 6.92 Å². The van der Waals surface area contributed by atoms with Gasteiger partial charge in [0.1, 0.15) is 0 Å². The summed E-state index contributed by atoms with van der Waals surface area (Å²) in [6.07, 6.45) is 0. The van der Waals surface area contributed by atoms with Crippen molar-refractivity contribution in [3.8, 4) is 0 Å². The maximum absolute atomic E-state index is 10.3. The van der Waals surface area contributed by atoms with Gasteiger partial charge in [-0.3, -0.25) is 0 Å². The average Bonchev–Trinajstić information content (AvgIpc) is 2.30. The summed E-state index contributed by atoms with van der Waals surface area (Å²) in [5, 5.41) is 14.1. The van der Waals surface area contributed by atoms with E-state index in [9.17, 15) is 10.1 Å². The second-order valence-corrected chi connectivity index (χ2v) is 2.03. The van der Waals surface area contributed by atoms with Gasteiger partial charge in [-0.15, -0.1) is 4.68 Å². The van der Waals surface area contributed by atoms with E-state index < -0.39 is 4.92 Å². The van der Waals surface area contributed by atoms with Crippen LogP contribution in [0.3, 0.4) is 0 Å². The smallest absolute Gasteiger partial charge is 0.390 e. The van der Waals surface area contributed by atoms with Crippen LogP contribution in [0.2, 0.25) is 0 Å². The lowest BCUT2D eigenvalue weighted by molar-refractivity contribution is -0.397. The van der Waals surface area contributed by atoms with Gasteiger partial charge < -0.3 is 10.1 Å². The van der Waals surface area contributed by atoms with E-state index in [0.717, 1.165) is 0 Å². The lowest BCUT2D eigenvalue weighted by atomic mass is 10.7. The second kappa shape index (κ2) is 2.65. The van der Waals surface area contributed by atoms with Gasteiger partial charge in [-0.25, -0.2) is 0 Å². The van der Waals surface area contributed by atoms with Crippen molar-refractivity contribution < 1.29 is 4.92 Å². The lowest BCUT2D eigenvalue weighted by Gasteiger charge is -1.92. The fourth-order valence-electron chi connectivity index (χ4n) is 0.791. The summed E-state index contributed by atoms with van der Waals surface area (Å²) in [7, 11) is 0. The Morgan fingerprint density at radius 1 is 1.73 bits per heavy atom. The Morgan fingerprint density at radius 3 is 2.73 bits per heavy atom. The van der Waals surface area contributed by atoms with E-state index in [-0.39, 0.29) is 5.95 Å². The van der Waals surface area contributed by atoms with Gasteiger partial charge in [0.15, 0.2) is 0 Å². The van der Waals surface area contributed by atoms with Crippen LogP contribution in [0.1, 0.15) is 12.7 Å². The molecule has 1 aromatic heterocycles. The summed E-state index contributed by atoms with van der Waals surface area (Å²) in [4.78, 5) is 13.4. The molecule has 0 amide bonds. The molecule has 0 saturated carbocycles. The molecule has 60 valence electrons. The fourth-order valence-corrected chi connectivity index (χ4v) is 0.791. The summed E-state index contributed by atoms with van der Waals surface area (Å²) < 4.78 is 1.26. The maximum atomic E-state index is 10.3. The Labute approximate surface area is 63.0 Å². The molecular formula is C5H8N4O2. The first-order chi connectivity index (χ1) is 5.15. The van der Waals surface area contributed by atoms with Gasteiger partial charge in [-0.2, -0.15) is 0 Å². The zero-order valence-corrected chi connectivity index (χ0v) is 6.31. The van der Waals surface area contributed by atoms with Crippen molar-refractivity contribution in [2.45, 2.75) is 20.4 Å². The summed E-state index contributed by atoms with van der Waals surface area (Å²) in [6.45, 7) is 3.87. The summed E-state index contributed by atoms with van der Waals surface area (Å²) in [5.74, 6) is 0.239. The average molecular weight is 156 g/mol. The topological polar surface area (TPSA) is 73.8 Å². The molecule has 0 unspecified atom stereocenters. The zero-order chi connectivity index (χ0) is 8.43. The molecule has 0 atom stereocenters. The van der Waals surface area contributed by atoms with Crippen LogP contribution in [0.4, 0.5) is 5.95 Å². The third-order valence-electron chi connectivity index (χ3n) is 1.22. The highest BCUT2D eigenvalue weighted by atomic mass is 16.6. The minimum Gasteiger partial charge on any atom is -0.390 e. The normalized spacial score (nSPS) is 10.0. The highest BCUT2D eigenvalue weighted by Gasteiger charge is 2.16. The first-order valence-corrected chi connectivity index (χ1v) is 3.21. The van der Waals surface area contributed by atoms with Crippen molar-refractivity contribution in [2.24, 2.45) is 0 Å². The van der Waals surface area contributed by atoms with Crippen molar-refractivity contribution in [3.63, 3.8) is 0 Å². The van der Waals surface area contributed by atoms with Crippen LogP contribution in [0, 0.1) is 17.0 Å². The van der Waals surface area contributed by atoms with Gasteiger partial charge >= 0.3 is 5.95 Å². The third-order valence-corrected chi connectivity index (χ3v) is 1.22. The number of nitrogens with zero attached hydrogens (tertiary/aromatic N) is 4. The predicted octanol–water partition coefficient (Wildman–Crippen LogP) is 0.515. The van der Waals surface area contributed by atoms with Gasteiger partial charge in [0.05, 0.1) is 6.54 Å². The van der Waals surface area contributed by atoms with Crippen LogP contribution in [0.15, 0.2) is 0 Å². The molecule has 0 radical (unpaired) electrons. The van der Waals surface area contributed by atoms with Crippen molar-refractivity contribution in [3.05, 3.63) is 15.9 Å². The lowest BCUT2D eigenvalue weighted by Crippen LogP contribution is -2.02. The van der Waals surface area contributed by atoms with Gasteiger partial charge in [0.2, 0.25) is 5.82 Å². The molecule has 1 heterocycles. The Balaban J connectivity index is 3.12. The summed E-state index contributed by atoms with van der Waals surface area (Å²) in [6, 6.07) is 0. The van der Waals surface area contributed by atoms with Crippen LogP contribution in [0.25, 0.3) is 0 Å². The maximum Gasteiger partial charge on any atom is 0.455 e. The Kier molecular flexibility index (Phi) is 1.84. The van der Waals surface area contributed by atoms with Crippen molar-refractivity contribution in [1.29, 1.82) is 0 Å². The molecule has 0 fully saturated rings. The van der Waals surface area contributed by atoms with Crippen molar-refractivity contribution in [1.82, 2.24) is 14.8 Å². The highest BCUT2D eigenvalue weighted by Crippen LogP contribution is 2.06. The van der Waals surface area contributed by atoms with E-state index in [0.29, 0.717) is 12.4 Å². The van der Waals surface area contributed by atoms with E-state index in [4.69, 9.17) is 0 Å².